The summed E-state index contributed by atoms with van der Waals surface area (Å²) in [7, 11) is 0. The molecule has 0 heterocycles. The highest BCUT2D eigenvalue weighted by Crippen LogP contribution is 2.34. The van der Waals surface area contributed by atoms with Gasteiger partial charge in [0.1, 0.15) is 11.5 Å². The van der Waals surface area contributed by atoms with Crippen LogP contribution in [-0.2, 0) is 43.3 Å². The van der Waals surface area contributed by atoms with Gasteiger partial charge in [0.05, 0.1) is 121 Å². The fraction of sp³-hybridized carbons (Fsp3) is 0.714. The van der Waals surface area contributed by atoms with Gasteiger partial charge >= 0.3 is 6.48 Å². The van der Waals surface area contributed by atoms with Gasteiger partial charge in [-0.2, -0.15) is 0 Å². The highest BCUT2D eigenvalue weighted by molar-refractivity contribution is 5.42. The molecule has 2 aromatic carbocycles. The Morgan fingerprint density at radius 3 is 1.45 bits per heavy atom. The Hall–Kier alpha value is -2.44. The number of phenols is 1. The first-order chi connectivity index (χ1) is 26.4. The Morgan fingerprint density at radius 1 is 0.518 bits per heavy atom. The van der Waals surface area contributed by atoms with E-state index in [1.165, 1.54) is 0 Å². The van der Waals surface area contributed by atoms with E-state index in [2.05, 4.69) is 13.8 Å². The topological polar surface area (TPSA) is 184 Å². The number of ether oxygens (including phenoxy) is 9. The van der Waals surface area contributed by atoms with Crippen LogP contribution in [0.5, 0.6) is 11.5 Å². The number of hydrogen-bond donors (Lipinski definition) is 5. The summed E-state index contributed by atoms with van der Waals surface area (Å²) in [4.78, 5) is 0. The molecule has 5 N–H and O–H groups in total. The highest BCUT2D eigenvalue weighted by Gasteiger charge is 2.34. The van der Waals surface area contributed by atoms with E-state index < -0.39 is 36.3 Å². The average Bonchev–Trinajstić information content (AvgIpc) is 3.12. The number of aliphatic hydroxyl groups excluding tert-OH is 4. The largest absolute Gasteiger partial charge is 0.508 e. The van der Waals surface area contributed by atoms with E-state index in [1.807, 2.05) is 45.0 Å². The van der Waals surface area contributed by atoms with E-state index in [9.17, 15) is 25.5 Å². The zero-order valence-electron chi connectivity index (χ0n) is 34.9. The molecule has 0 radical (unpaired) electrons. The SMILES string of the molecule is CC(O)COCC(COCC(C)OCC(C)O)(COCC(C)OCC(C)OCC(C)O)COCC(C)OC(O)Oc1ccc(C(C)(C)c2cccc(O)c2)cc1. The van der Waals surface area contributed by atoms with Crippen LogP contribution in [0.15, 0.2) is 48.5 Å². The first-order valence-electron chi connectivity index (χ1n) is 19.5. The van der Waals surface area contributed by atoms with Crippen LogP contribution >= 0.6 is 0 Å². The molecule has 9 unspecified atom stereocenters. The maximum atomic E-state index is 10.6. The number of rotatable bonds is 31. The molecule has 2 rings (SSSR count). The minimum Gasteiger partial charge on any atom is -0.508 e. The summed E-state index contributed by atoms with van der Waals surface area (Å²) in [5.74, 6) is 0.616. The van der Waals surface area contributed by atoms with Crippen LogP contribution in [0.4, 0.5) is 0 Å². The summed E-state index contributed by atoms with van der Waals surface area (Å²) in [5, 5.41) is 49.6. The first kappa shape index (κ1) is 49.7. The minimum atomic E-state index is -1.56. The van der Waals surface area contributed by atoms with Gasteiger partial charge in [-0.25, -0.2) is 0 Å². The maximum Gasteiger partial charge on any atom is 0.313 e. The Kier molecular flexibility index (Phi) is 22.9. The Morgan fingerprint density at radius 2 is 0.964 bits per heavy atom. The van der Waals surface area contributed by atoms with Gasteiger partial charge in [-0.05, 0) is 83.9 Å². The van der Waals surface area contributed by atoms with Gasteiger partial charge in [-0.15, -0.1) is 0 Å². The van der Waals surface area contributed by atoms with Crippen molar-refractivity contribution in [2.75, 3.05) is 72.7 Å². The molecule has 0 aliphatic rings. The van der Waals surface area contributed by atoms with Gasteiger partial charge < -0.3 is 68.2 Å². The zero-order valence-corrected chi connectivity index (χ0v) is 34.9. The van der Waals surface area contributed by atoms with E-state index in [0.717, 1.165) is 11.1 Å². The normalized spacial score (nSPS) is 17.7. The Labute approximate surface area is 333 Å². The molecule has 0 saturated carbocycles. The van der Waals surface area contributed by atoms with Crippen LogP contribution in [-0.4, -0.2) is 147 Å². The van der Waals surface area contributed by atoms with Crippen molar-refractivity contribution in [3.05, 3.63) is 59.7 Å². The molecule has 0 amide bonds. The van der Waals surface area contributed by atoms with Gasteiger partial charge in [0.2, 0.25) is 0 Å². The molecule has 0 fully saturated rings. The van der Waals surface area contributed by atoms with Crippen LogP contribution in [0, 0.1) is 5.41 Å². The molecule has 0 saturated heterocycles. The summed E-state index contributed by atoms with van der Waals surface area (Å²) >= 11 is 0. The fourth-order valence-electron chi connectivity index (χ4n) is 5.47. The van der Waals surface area contributed by atoms with E-state index in [0.29, 0.717) is 12.4 Å². The third kappa shape index (κ3) is 20.3. The molecular formula is C42H70O14. The lowest BCUT2D eigenvalue weighted by Gasteiger charge is -2.34. The van der Waals surface area contributed by atoms with Crippen molar-refractivity contribution >= 4 is 0 Å². The highest BCUT2D eigenvalue weighted by atomic mass is 16.8. The molecular weight excluding hydrogens is 728 g/mol. The standard InChI is InChI=1S/C42H70O14/c1-29(43)18-48-25-42(26-49-21-32(4)52-19-30(2)44,27-50-22-33(5)54-24-34(6)53-20-31(3)45)28-51-23-35(7)55-40(47)56-39-15-13-36(14-16-39)41(8,9)37-11-10-12-38(46)17-37/h10-17,29-35,40,43-47H,18-28H2,1-9H3. The second-order valence-electron chi connectivity index (χ2n) is 15.6. The van der Waals surface area contributed by atoms with Crippen molar-refractivity contribution in [3.63, 3.8) is 0 Å². The molecule has 0 aromatic heterocycles. The van der Waals surface area contributed by atoms with Crippen molar-refractivity contribution in [1.29, 1.82) is 0 Å². The summed E-state index contributed by atoms with van der Waals surface area (Å²) in [5.41, 5.74) is 0.754. The Balaban J connectivity index is 2.03. The number of phenolic OH excluding ortho intramolecular Hbond substituents is 1. The average molecular weight is 799 g/mol. The molecule has 0 aliphatic heterocycles. The molecule has 56 heavy (non-hydrogen) atoms. The molecule has 322 valence electrons. The summed E-state index contributed by atoms with van der Waals surface area (Å²) in [6.45, 7) is 16.9. The quantitative estimate of drug-likeness (QED) is 0.0685. The van der Waals surface area contributed by atoms with Crippen molar-refractivity contribution in [2.45, 2.75) is 117 Å². The van der Waals surface area contributed by atoms with Crippen LogP contribution in [0.25, 0.3) is 0 Å². The lowest BCUT2D eigenvalue weighted by molar-refractivity contribution is -0.245. The van der Waals surface area contributed by atoms with E-state index >= 15 is 0 Å². The predicted molar refractivity (Wildman–Crippen MR) is 211 cm³/mol. The van der Waals surface area contributed by atoms with Crippen LogP contribution in [0.2, 0.25) is 0 Å². The molecule has 9 atom stereocenters. The van der Waals surface area contributed by atoms with E-state index in [1.54, 1.807) is 52.0 Å². The van der Waals surface area contributed by atoms with E-state index in [4.69, 9.17) is 42.6 Å². The predicted octanol–water partition coefficient (Wildman–Crippen LogP) is 4.19. The second kappa shape index (κ2) is 25.8. The van der Waals surface area contributed by atoms with Crippen molar-refractivity contribution in [2.24, 2.45) is 5.41 Å². The maximum absolute atomic E-state index is 10.6. The third-order valence-corrected chi connectivity index (χ3v) is 8.64. The lowest BCUT2D eigenvalue weighted by atomic mass is 9.78. The van der Waals surface area contributed by atoms with Gasteiger partial charge in [-0.3, -0.25) is 0 Å². The zero-order chi connectivity index (χ0) is 41.7. The first-order valence-corrected chi connectivity index (χ1v) is 19.5. The monoisotopic (exact) mass is 798 g/mol. The van der Waals surface area contributed by atoms with Crippen LogP contribution in [0.1, 0.15) is 73.4 Å². The van der Waals surface area contributed by atoms with Crippen molar-refractivity contribution in [1.82, 2.24) is 0 Å². The van der Waals surface area contributed by atoms with Gasteiger partial charge in [-0.1, -0.05) is 38.1 Å². The molecule has 2 aromatic rings. The summed E-state index contributed by atoms with van der Waals surface area (Å²) < 4.78 is 52.8. The van der Waals surface area contributed by atoms with Crippen LogP contribution in [0.3, 0.4) is 0 Å². The second-order valence-corrected chi connectivity index (χ2v) is 15.6. The molecule has 0 bridgehead atoms. The number of benzene rings is 2. The van der Waals surface area contributed by atoms with Gasteiger partial charge in [0.15, 0.2) is 0 Å². The number of hydrogen-bond acceptors (Lipinski definition) is 14. The molecule has 0 aliphatic carbocycles. The van der Waals surface area contributed by atoms with Gasteiger partial charge in [0.25, 0.3) is 0 Å². The molecule has 0 spiro atoms. The van der Waals surface area contributed by atoms with Crippen molar-refractivity contribution in [3.8, 4) is 11.5 Å². The number of aliphatic hydroxyl groups is 4. The Bertz CT molecular complexity index is 1310. The number of aromatic hydroxyl groups is 1. The molecule has 14 nitrogen and oxygen atoms in total. The minimum absolute atomic E-state index is 0.0907. The van der Waals surface area contributed by atoms with Gasteiger partial charge in [0, 0.05) is 5.41 Å². The summed E-state index contributed by atoms with van der Waals surface area (Å²) in [6.07, 6.45) is -3.19. The fourth-order valence-corrected chi connectivity index (χ4v) is 5.47. The lowest BCUT2D eigenvalue weighted by Crippen LogP contribution is -2.44. The van der Waals surface area contributed by atoms with E-state index in [-0.39, 0.29) is 95.5 Å². The summed E-state index contributed by atoms with van der Waals surface area (Å²) in [6, 6.07) is 14.5. The van der Waals surface area contributed by atoms with Crippen molar-refractivity contribution < 1.29 is 68.2 Å². The van der Waals surface area contributed by atoms with Crippen LogP contribution < -0.4 is 4.74 Å². The smallest absolute Gasteiger partial charge is 0.313 e. The molecule has 14 heteroatoms. The third-order valence-electron chi connectivity index (χ3n) is 8.64.